The Morgan fingerprint density at radius 2 is 1.15 bits per heavy atom. The molecule has 6 aromatic rings. The Kier molecular flexibility index (Phi) is 2.87. The number of thiophene rings is 2. The molecule has 2 heteroatoms. The van der Waals surface area contributed by atoms with Crippen LogP contribution in [0.15, 0.2) is 60.7 Å². The number of aryl methyl sites for hydroxylation is 2. The van der Waals surface area contributed by atoms with Crippen molar-refractivity contribution in [1.29, 1.82) is 0 Å². The fourth-order valence-corrected chi connectivity index (χ4v) is 6.73. The largest absolute Gasteiger partial charge is 0.135 e. The zero-order valence-electron chi connectivity index (χ0n) is 14.6. The Balaban J connectivity index is 1.97. The summed E-state index contributed by atoms with van der Waals surface area (Å²) >= 11 is 3.85. The summed E-state index contributed by atoms with van der Waals surface area (Å²) in [5.74, 6) is 0. The Morgan fingerprint density at radius 3 is 1.96 bits per heavy atom. The van der Waals surface area contributed by atoms with Gasteiger partial charge in [0, 0.05) is 45.7 Å². The van der Waals surface area contributed by atoms with Crippen molar-refractivity contribution in [2.24, 2.45) is 0 Å². The second-order valence-corrected chi connectivity index (χ2v) is 9.19. The van der Waals surface area contributed by atoms with Crippen LogP contribution in [-0.2, 0) is 0 Å². The van der Waals surface area contributed by atoms with Gasteiger partial charge in [0.05, 0.1) is 0 Å². The maximum absolute atomic E-state index is 2.41. The van der Waals surface area contributed by atoms with Gasteiger partial charge in [-0.25, -0.2) is 0 Å². The van der Waals surface area contributed by atoms with Crippen LogP contribution < -0.4 is 0 Å². The molecule has 2 aromatic heterocycles. The van der Waals surface area contributed by atoms with E-state index in [0.717, 1.165) is 0 Å². The van der Waals surface area contributed by atoms with Crippen LogP contribution in [-0.4, -0.2) is 0 Å². The molecule has 26 heavy (non-hydrogen) atoms. The molecule has 0 saturated carbocycles. The molecule has 0 aliphatic carbocycles. The van der Waals surface area contributed by atoms with Crippen molar-refractivity contribution < 1.29 is 0 Å². The SMILES string of the molecule is Cc1cc2c3sc4ccccc4c3cc(C)c2c2c1sc1ccccc12. The van der Waals surface area contributed by atoms with Crippen LogP contribution >= 0.6 is 22.7 Å². The number of benzene rings is 4. The van der Waals surface area contributed by atoms with Crippen LogP contribution in [0.3, 0.4) is 0 Å². The molecular weight excluding hydrogens is 352 g/mol. The zero-order chi connectivity index (χ0) is 17.4. The summed E-state index contributed by atoms with van der Waals surface area (Å²) in [4.78, 5) is 0. The lowest BCUT2D eigenvalue weighted by molar-refractivity contribution is 1.56. The Labute approximate surface area is 159 Å². The maximum atomic E-state index is 2.41. The molecular formula is C24H16S2. The molecule has 0 fully saturated rings. The molecule has 0 spiro atoms. The Morgan fingerprint density at radius 1 is 0.538 bits per heavy atom. The molecule has 0 nitrogen and oxygen atoms in total. The molecule has 0 aliphatic rings. The standard InChI is InChI=1S/C24H16S2/c1-13-11-17-15-7-3-5-9-19(15)26-24(17)18-12-14(2)23-22(21(13)18)16-8-4-6-10-20(16)25-23/h3-12H,1-2H3. The normalized spacial score (nSPS) is 12.2. The number of rotatable bonds is 0. The molecule has 0 atom stereocenters. The van der Waals surface area contributed by atoms with Gasteiger partial charge in [-0.1, -0.05) is 36.4 Å². The van der Waals surface area contributed by atoms with Crippen LogP contribution in [0.25, 0.3) is 51.1 Å². The molecule has 0 N–H and O–H groups in total. The van der Waals surface area contributed by atoms with E-state index in [-0.39, 0.29) is 0 Å². The zero-order valence-corrected chi connectivity index (χ0v) is 16.2. The molecule has 0 unspecified atom stereocenters. The highest BCUT2D eigenvalue weighted by Gasteiger charge is 2.16. The first-order chi connectivity index (χ1) is 12.7. The van der Waals surface area contributed by atoms with Gasteiger partial charge in [0.15, 0.2) is 0 Å². The second-order valence-electron chi connectivity index (χ2n) is 7.09. The van der Waals surface area contributed by atoms with Gasteiger partial charge in [-0.3, -0.25) is 0 Å². The summed E-state index contributed by atoms with van der Waals surface area (Å²) in [7, 11) is 0. The van der Waals surface area contributed by atoms with E-state index in [4.69, 9.17) is 0 Å². The van der Waals surface area contributed by atoms with E-state index >= 15 is 0 Å². The predicted molar refractivity (Wildman–Crippen MR) is 119 cm³/mol. The molecule has 0 radical (unpaired) electrons. The third kappa shape index (κ3) is 1.78. The molecule has 124 valence electrons. The topological polar surface area (TPSA) is 0 Å². The van der Waals surface area contributed by atoms with Crippen LogP contribution in [0, 0.1) is 13.8 Å². The van der Waals surface area contributed by atoms with Crippen molar-refractivity contribution in [3.63, 3.8) is 0 Å². The fourth-order valence-electron chi connectivity index (χ4n) is 4.35. The molecule has 0 amide bonds. The maximum Gasteiger partial charge on any atom is 0.0434 e. The minimum Gasteiger partial charge on any atom is -0.135 e. The minimum absolute atomic E-state index is 1.38. The molecule has 2 heterocycles. The first-order valence-electron chi connectivity index (χ1n) is 8.88. The van der Waals surface area contributed by atoms with E-state index in [1.807, 2.05) is 22.7 Å². The van der Waals surface area contributed by atoms with E-state index in [1.54, 1.807) is 0 Å². The van der Waals surface area contributed by atoms with Gasteiger partial charge in [0.2, 0.25) is 0 Å². The summed E-state index contributed by atoms with van der Waals surface area (Å²) in [6.45, 7) is 4.54. The van der Waals surface area contributed by atoms with Crippen LogP contribution in [0.5, 0.6) is 0 Å². The van der Waals surface area contributed by atoms with Crippen molar-refractivity contribution >= 4 is 73.8 Å². The monoisotopic (exact) mass is 368 g/mol. The van der Waals surface area contributed by atoms with E-state index in [2.05, 4.69) is 74.5 Å². The first-order valence-corrected chi connectivity index (χ1v) is 10.5. The van der Waals surface area contributed by atoms with Crippen LogP contribution in [0.1, 0.15) is 11.1 Å². The molecule has 0 aliphatic heterocycles. The summed E-state index contributed by atoms with van der Waals surface area (Å²) in [6, 6.07) is 22.4. The van der Waals surface area contributed by atoms with Gasteiger partial charge in [0.1, 0.15) is 0 Å². The van der Waals surface area contributed by atoms with E-state index in [1.165, 1.54) is 62.2 Å². The van der Waals surface area contributed by atoms with E-state index < -0.39 is 0 Å². The quantitative estimate of drug-likeness (QED) is 0.253. The van der Waals surface area contributed by atoms with E-state index in [9.17, 15) is 0 Å². The first kappa shape index (κ1) is 14.7. The van der Waals surface area contributed by atoms with Crippen molar-refractivity contribution in [2.45, 2.75) is 13.8 Å². The number of hydrogen-bond donors (Lipinski definition) is 0. The minimum atomic E-state index is 1.38. The molecule has 6 rings (SSSR count). The highest BCUT2D eigenvalue weighted by molar-refractivity contribution is 7.27. The molecule has 0 saturated heterocycles. The van der Waals surface area contributed by atoms with Crippen molar-refractivity contribution in [3.8, 4) is 0 Å². The van der Waals surface area contributed by atoms with Crippen molar-refractivity contribution in [3.05, 3.63) is 71.8 Å². The lowest BCUT2D eigenvalue weighted by Crippen LogP contribution is -1.84. The van der Waals surface area contributed by atoms with E-state index in [0.29, 0.717) is 0 Å². The van der Waals surface area contributed by atoms with Gasteiger partial charge in [-0.2, -0.15) is 0 Å². The number of hydrogen-bond acceptors (Lipinski definition) is 2. The summed E-state index contributed by atoms with van der Waals surface area (Å²) in [6.07, 6.45) is 0. The third-order valence-corrected chi connectivity index (χ3v) is 7.99. The van der Waals surface area contributed by atoms with Gasteiger partial charge in [0.25, 0.3) is 0 Å². The molecule has 0 bridgehead atoms. The van der Waals surface area contributed by atoms with Crippen LogP contribution in [0.2, 0.25) is 0 Å². The third-order valence-electron chi connectivity index (χ3n) is 5.47. The second kappa shape index (κ2) is 5.06. The summed E-state index contributed by atoms with van der Waals surface area (Å²) in [5, 5.41) is 8.46. The fraction of sp³-hybridized carbons (Fsp3) is 0.0833. The summed E-state index contributed by atoms with van der Waals surface area (Å²) < 4.78 is 5.62. The van der Waals surface area contributed by atoms with Gasteiger partial charge in [-0.15, -0.1) is 22.7 Å². The predicted octanol–water partition coefficient (Wildman–Crippen LogP) is 8.19. The highest BCUT2D eigenvalue weighted by Crippen LogP contribution is 2.46. The van der Waals surface area contributed by atoms with Gasteiger partial charge in [-0.05, 0) is 54.6 Å². The van der Waals surface area contributed by atoms with Crippen molar-refractivity contribution in [1.82, 2.24) is 0 Å². The van der Waals surface area contributed by atoms with Gasteiger partial charge < -0.3 is 0 Å². The highest BCUT2D eigenvalue weighted by atomic mass is 32.1. The van der Waals surface area contributed by atoms with Gasteiger partial charge >= 0.3 is 0 Å². The average molecular weight is 369 g/mol. The average Bonchev–Trinajstić information content (AvgIpc) is 3.21. The number of fused-ring (bicyclic) bond motifs is 9. The smallest absolute Gasteiger partial charge is 0.0434 e. The lowest BCUT2D eigenvalue weighted by Gasteiger charge is -2.09. The van der Waals surface area contributed by atoms with Crippen molar-refractivity contribution in [2.75, 3.05) is 0 Å². The Hall–Kier alpha value is -2.42. The lowest BCUT2D eigenvalue weighted by atomic mass is 9.95. The Bertz CT molecular complexity index is 1500. The van der Waals surface area contributed by atoms with Crippen LogP contribution in [0.4, 0.5) is 0 Å². The molecule has 4 aromatic carbocycles. The summed E-state index contributed by atoms with van der Waals surface area (Å²) in [5.41, 5.74) is 2.77.